The molecule has 3 N–H and O–H groups in total. The summed E-state index contributed by atoms with van der Waals surface area (Å²) in [6.07, 6.45) is 8.56. The zero-order chi connectivity index (χ0) is 23.1. The highest BCUT2D eigenvalue weighted by Crippen LogP contribution is 2.61. The number of carbonyl (C=O) groups excluding carboxylic acids is 1. The number of aliphatic hydroxyl groups excluding tert-OH is 1. The van der Waals surface area contributed by atoms with Crippen LogP contribution in [0.2, 0.25) is 0 Å². The fraction of sp³-hybridized carbons (Fsp3) is 0.448. The maximum atomic E-state index is 13.2. The molecule has 4 bridgehead atoms. The van der Waals surface area contributed by atoms with Crippen LogP contribution in [0.1, 0.15) is 56.6 Å². The molecule has 4 aliphatic rings. The van der Waals surface area contributed by atoms with Crippen molar-refractivity contribution in [3.8, 4) is 0 Å². The number of aliphatic hydroxyl groups is 1. The molecule has 0 aliphatic heterocycles. The van der Waals surface area contributed by atoms with Gasteiger partial charge in [-0.3, -0.25) is 4.79 Å². The van der Waals surface area contributed by atoms with Crippen molar-refractivity contribution >= 4 is 28.3 Å². The Morgan fingerprint density at radius 2 is 1.65 bits per heavy atom. The van der Waals surface area contributed by atoms with E-state index >= 15 is 0 Å². The van der Waals surface area contributed by atoms with E-state index in [0.717, 1.165) is 39.9 Å². The predicted molar refractivity (Wildman–Crippen MR) is 135 cm³/mol. The van der Waals surface area contributed by atoms with E-state index in [1.807, 2.05) is 60.7 Å². The van der Waals surface area contributed by atoms with Crippen LogP contribution in [0.25, 0.3) is 10.9 Å². The molecule has 3 aromatic rings. The van der Waals surface area contributed by atoms with Crippen LogP contribution in [-0.4, -0.2) is 22.6 Å². The molecule has 176 valence electrons. The minimum Gasteiger partial charge on any atom is -0.394 e. The third kappa shape index (κ3) is 4.18. The number of rotatable bonds is 7. The van der Waals surface area contributed by atoms with Gasteiger partial charge in [0, 0.05) is 11.8 Å². The van der Waals surface area contributed by atoms with Crippen LogP contribution in [0.15, 0.2) is 60.7 Å². The number of fused-ring (bicyclic) bond motifs is 1. The summed E-state index contributed by atoms with van der Waals surface area (Å²) in [5, 5.41) is 17.4. The van der Waals surface area contributed by atoms with E-state index in [1.54, 1.807) is 0 Å². The number of nitrogens with zero attached hydrogens (tertiary/aromatic N) is 1. The highest BCUT2D eigenvalue weighted by atomic mass is 16.3. The van der Waals surface area contributed by atoms with Crippen molar-refractivity contribution in [1.29, 1.82) is 0 Å². The molecular formula is C29H33N3O2. The Kier molecular flexibility index (Phi) is 5.53. The van der Waals surface area contributed by atoms with Gasteiger partial charge in [-0.25, -0.2) is 4.98 Å². The van der Waals surface area contributed by atoms with Crippen LogP contribution in [0.4, 0.5) is 11.5 Å². The second kappa shape index (κ2) is 8.70. The SMILES string of the molecule is O=C(CC12CC3CC(CC(C3)C1)C2)Nc1cccc2nc(NC(CO)c3ccccc3)ccc12. The number of hydrogen-bond donors (Lipinski definition) is 3. The fourth-order valence-corrected chi connectivity index (χ4v) is 7.48. The van der Waals surface area contributed by atoms with Crippen molar-refractivity contribution in [3.63, 3.8) is 0 Å². The van der Waals surface area contributed by atoms with Crippen LogP contribution in [0, 0.1) is 23.2 Å². The van der Waals surface area contributed by atoms with Gasteiger partial charge in [-0.15, -0.1) is 0 Å². The first-order valence-electron chi connectivity index (χ1n) is 12.7. The second-order valence-electron chi connectivity index (χ2n) is 11.0. The molecule has 0 saturated heterocycles. The Bertz CT molecular complexity index is 1160. The summed E-state index contributed by atoms with van der Waals surface area (Å²) in [7, 11) is 0. The number of hydrogen-bond acceptors (Lipinski definition) is 4. The zero-order valence-electron chi connectivity index (χ0n) is 19.5. The molecule has 7 rings (SSSR count). The number of anilines is 2. The monoisotopic (exact) mass is 455 g/mol. The van der Waals surface area contributed by atoms with Gasteiger partial charge in [-0.05, 0) is 91.5 Å². The maximum absolute atomic E-state index is 13.2. The van der Waals surface area contributed by atoms with Crippen LogP contribution in [-0.2, 0) is 4.79 Å². The van der Waals surface area contributed by atoms with Gasteiger partial charge in [-0.1, -0.05) is 36.4 Å². The smallest absolute Gasteiger partial charge is 0.224 e. The normalized spacial score (nSPS) is 28.1. The van der Waals surface area contributed by atoms with E-state index in [2.05, 4.69) is 10.6 Å². The standard InChI is InChI=1S/C29H33N3O2/c33-18-26(22-5-2-1-3-6-22)31-27-10-9-23-24(30-27)7-4-8-25(23)32-28(34)17-29-14-19-11-20(15-29)13-21(12-19)16-29/h1-10,19-21,26,33H,11-18H2,(H,30,31)(H,32,34). The van der Waals surface area contributed by atoms with Gasteiger partial charge in [0.2, 0.25) is 5.91 Å². The lowest BCUT2D eigenvalue weighted by Gasteiger charge is -2.56. The van der Waals surface area contributed by atoms with E-state index in [1.165, 1.54) is 38.5 Å². The molecule has 4 aliphatic carbocycles. The molecular weight excluding hydrogens is 422 g/mol. The fourth-order valence-electron chi connectivity index (χ4n) is 7.48. The van der Waals surface area contributed by atoms with Crippen molar-refractivity contribution in [2.45, 2.75) is 51.0 Å². The average Bonchev–Trinajstić information content (AvgIpc) is 2.82. The van der Waals surface area contributed by atoms with Crippen LogP contribution < -0.4 is 10.6 Å². The van der Waals surface area contributed by atoms with Crippen molar-refractivity contribution in [2.75, 3.05) is 17.2 Å². The van der Waals surface area contributed by atoms with E-state index in [0.29, 0.717) is 12.2 Å². The first-order valence-corrected chi connectivity index (χ1v) is 12.7. The second-order valence-corrected chi connectivity index (χ2v) is 11.0. The highest BCUT2D eigenvalue weighted by molar-refractivity contribution is 6.01. The Morgan fingerprint density at radius 1 is 0.941 bits per heavy atom. The minimum atomic E-state index is -0.227. The number of amides is 1. The first-order chi connectivity index (χ1) is 16.6. The number of nitrogens with one attached hydrogen (secondary N) is 2. The zero-order valence-corrected chi connectivity index (χ0v) is 19.5. The Morgan fingerprint density at radius 3 is 2.32 bits per heavy atom. The van der Waals surface area contributed by atoms with E-state index < -0.39 is 0 Å². The molecule has 4 saturated carbocycles. The van der Waals surface area contributed by atoms with Crippen molar-refractivity contribution < 1.29 is 9.90 Å². The van der Waals surface area contributed by atoms with Gasteiger partial charge in [-0.2, -0.15) is 0 Å². The lowest BCUT2D eigenvalue weighted by atomic mass is 9.49. The molecule has 0 spiro atoms. The van der Waals surface area contributed by atoms with Crippen LogP contribution in [0.3, 0.4) is 0 Å². The Hall–Kier alpha value is -2.92. The Labute approximate surface area is 201 Å². The summed E-state index contributed by atoms with van der Waals surface area (Å²) < 4.78 is 0. The molecule has 34 heavy (non-hydrogen) atoms. The number of aromatic nitrogens is 1. The lowest BCUT2D eigenvalue weighted by Crippen LogP contribution is -2.47. The summed E-state index contributed by atoms with van der Waals surface area (Å²) in [6.45, 7) is -0.0237. The van der Waals surface area contributed by atoms with Gasteiger partial charge < -0.3 is 15.7 Å². The third-order valence-electron chi connectivity index (χ3n) is 8.41. The number of benzene rings is 2. The van der Waals surface area contributed by atoms with Crippen LogP contribution >= 0.6 is 0 Å². The van der Waals surface area contributed by atoms with Gasteiger partial charge in [0.1, 0.15) is 5.82 Å². The first kappa shape index (κ1) is 21.6. The van der Waals surface area contributed by atoms with Crippen LogP contribution in [0.5, 0.6) is 0 Å². The summed E-state index contributed by atoms with van der Waals surface area (Å²) in [5.41, 5.74) is 2.89. The molecule has 1 amide bonds. The van der Waals surface area contributed by atoms with E-state index in [-0.39, 0.29) is 24.0 Å². The molecule has 1 aromatic heterocycles. The molecule has 2 aromatic carbocycles. The predicted octanol–water partition coefficient (Wildman–Crippen LogP) is 5.93. The molecule has 5 nitrogen and oxygen atoms in total. The molecule has 0 radical (unpaired) electrons. The molecule has 1 unspecified atom stereocenters. The van der Waals surface area contributed by atoms with E-state index in [4.69, 9.17) is 4.98 Å². The van der Waals surface area contributed by atoms with Crippen molar-refractivity contribution in [1.82, 2.24) is 4.98 Å². The third-order valence-corrected chi connectivity index (χ3v) is 8.41. The molecule has 1 atom stereocenters. The number of carbonyl (C=O) groups is 1. The topological polar surface area (TPSA) is 74.2 Å². The Balaban J connectivity index is 1.18. The largest absolute Gasteiger partial charge is 0.394 e. The maximum Gasteiger partial charge on any atom is 0.224 e. The summed E-state index contributed by atoms with van der Waals surface area (Å²) in [5.74, 6) is 3.40. The lowest BCUT2D eigenvalue weighted by molar-refractivity contribution is -0.124. The van der Waals surface area contributed by atoms with Gasteiger partial charge in [0.15, 0.2) is 0 Å². The molecule has 4 fully saturated rings. The van der Waals surface area contributed by atoms with E-state index in [9.17, 15) is 9.90 Å². The van der Waals surface area contributed by atoms with Gasteiger partial charge in [0.25, 0.3) is 0 Å². The molecule has 1 heterocycles. The molecule has 5 heteroatoms. The van der Waals surface area contributed by atoms with Crippen molar-refractivity contribution in [3.05, 3.63) is 66.2 Å². The summed E-state index contributed by atoms with van der Waals surface area (Å²) in [6, 6.07) is 19.4. The average molecular weight is 456 g/mol. The highest BCUT2D eigenvalue weighted by Gasteiger charge is 2.51. The van der Waals surface area contributed by atoms with Crippen molar-refractivity contribution in [2.24, 2.45) is 23.2 Å². The minimum absolute atomic E-state index is 0.0237. The summed E-state index contributed by atoms with van der Waals surface area (Å²) in [4.78, 5) is 17.9. The quantitative estimate of drug-likeness (QED) is 0.413. The summed E-state index contributed by atoms with van der Waals surface area (Å²) >= 11 is 0. The number of pyridine rings is 1. The van der Waals surface area contributed by atoms with Gasteiger partial charge >= 0.3 is 0 Å². The van der Waals surface area contributed by atoms with Gasteiger partial charge in [0.05, 0.1) is 23.9 Å².